The number of benzene rings is 3. The van der Waals surface area contributed by atoms with E-state index in [1.165, 1.54) is 11.6 Å². The fourth-order valence-electron chi connectivity index (χ4n) is 2.91. The molecule has 0 aromatic heterocycles. The third-order valence-corrected chi connectivity index (χ3v) is 6.62. The molecule has 0 saturated carbocycles. The molecule has 3 aromatic rings. The molecule has 0 bridgehead atoms. The lowest BCUT2D eigenvalue weighted by Crippen LogP contribution is -2.31. The first kappa shape index (κ1) is 23.7. The fourth-order valence-corrected chi connectivity index (χ4v) is 4.60. The van der Waals surface area contributed by atoms with E-state index in [2.05, 4.69) is 22.8 Å². The molecule has 0 atom stereocenters. The van der Waals surface area contributed by atoms with E-state index in [9.17, 15) is 13.2 Å². The van der Waals surface area contributed by atoms with Gasteiger partial charge in [0.2, 0.25) is 5.91 Å². The number of anilines is 1. The lowest BCUT2D eigenvalue weighted by Gasteiger charge is -2.13. The summed E-state index contributed by atoms with van der Waals surface area (Å²) in [5, 5.41) is 5.77. The van der Waals surface area contributed by atoms with Crippen molar-refractivity contribution in [3.63, 3.8) is 0 Å². The second-order valence-corrected chi connectivity index (χ2v) is 10.2. The number of amides is 1. The number of ether oxygens (including phenoxy) is 1. The van der Waals surface area contributed by atoms with Gasteiger partial charge in [0, 0.05) is 30.4 Å². The van der Waals surface area contributed by atoms with E-state index in [4.69, 9.17) is 4.74 Å². The minimum absolute atomic E-state index is 0.0231. The Kier molecular flexibility index (Phi) is 8.58. The van der Waals surface area contributed by atoms with Crippen LogP contribution >= 0.6 is 11.8 Å². The highest BCUT2D eigenvalue weighted by atomic mass is 32.2. The van der Waals surface area contributed by atoms with Crippen molar-refractivity contribution in [2.45, 2.75) is 10.6 Å². The zero-order valence-electron chi connectivity index (χ0n) is 17.8. The van der Waals surface area contributed by atoms with Gasteiger partial charge in [0.15, 0.2) is 9.84 Å². The minimum atomic E-state index is -3.52. The molecule has 1 amide bonds. The first-order chi connectivity index (χ1) is 15.4. The minimum Gasteiger partial charge on any atom is -0.457 e. The number of hydrogen-bond acceptors (Lipinski definition) is 6. The summed E-state index contributed by atoms with van der Waals surface area (Å²) in [5.74, 6) is 2.50. The average Bonchev–Trinajstić information content (AvgIpc) is 2.79. The molecule has 0 unspecified atom stereocenters. The van der Waals surface area contributed by atoms with Crippen molar-refractivity contribution in [3.8, 4) is 11.5 Å². The smallest absolute Gasteiger partial charge is 0.239 e. The fraction of sp³-hybridized carbons (Fsp3) is 0.208. The molecule has 0 aliphatic carbocycles. The Morgan fingerprint density at radius 2 is 1.62 bits per heavy atom. The van der Waals surface area contributed by atoms with E-state index >= 15 is 0 Å². The quantitative estimate of drug-likeness (QED) is 0.406. The normalized spacial score (nSPS) is 11.0. The third kappa shape index (κ3) is 7.62. The van der Waals surface area contributed by atoms with Crippen molar-refractivity contribution in [2.24, 2.45) is 0 Å². The van der Waals surface area contributed by atoms with Crippen molar-refractivity contribution in [1.29, 1.82) is 0 Å². The van der Waals surface area contributed by atoms with E-state index in [-0.39, 0.29) is 17.3 Å². The topological polar surface area (TPSA) is 84.5 Å². The highest BCUT2D eigenvalue weighted by Crippen LogP contribution is 2.29. The van der Waals surface area contributed by atoms with Crippen LogP contribution in [0, 0.1) is 0 Å². The van der Waals surface area contributed by atoms with Crippen LogP contribution in [0.3, 0.4) is 0 Å². The summed E-state index contributed by atoms with van der Waals surface area (Å²) in [7, 11) is -3.52. The molecule has 3 rings (SSSR count). The van der Waals surface area contributed by atoms with E-state index in [1.54, 1.807) is 36.0 Å². The zero-order valence-corrected chi connectivity index (χ0v) is 19.4. The van der Waals surface area contributed by atoms with Gasteiger partial charge < -0.3 is 15.4 Å². The Morgan fingerprint density at radius 3 is 2.31 bits per heavy atom. The molecule has 2 N–H and O–H groups in total. The van der Waals surface area contributed by atoms with Gasteiger partial charge >= 0.3 is 0 Å². The SMILES string of the molecule is CS(=O)(=O)c1cc(Oc2ccccc2)ccc1NCC(=O)NCCSCc1ccccc1. The second-order valence-electron chi connectivity index (χ2n) is 7.09. The van der Waals surface area contributed by atoms with E-state index in [0.717, 1.165) is 17.8 Å². The van der Waals surface area contributed by atoms with Crippen molar-refractivity contribution < 1.29 is 17.9 Å². The molecule has 0 saturated heterocycles. The second kappa shape index (κ2) is 11.6. The Bertz CT molecular complexity index is 1120. The number of sulfone groups is 1. The van der Waals surface area contributed by atoms with Gasteiger partial charge in [-0.15, -0.1) is 0 Å². The maximum atomic E-state index is 12.3. The highest BCUT2D eigenvalue weighted by molar-refractivity contribution is 7.98. The number of rotatable bonds is 11. The highest BCUT2D eigenvalue weighted by Gasteiger charge is 2.16. The molecule has 0 spiro atoms. The van der Waals surface area contributed by atoms with Crippen LogP contribution in [0.15, 0.2) is 83.8 Å². The van der Waals surface area contributed by atoms with E-state index in [1.807, 2.05) is 36.4 Å². The van der Waals surface area contributed by atoms with Gasteiger partial charge in [0.05, 0.1) is 17.1 Å². The molecule has 168 valence electrons. The van der Waals surface area contributed by atoms with Crippen LogP contribution < -0.4 is 15.4 Å². The van der Waals surface area contributed by atoms with Crippen molar-refractivity contribution in [2.75, 3.05) is 30.4 Å². The molecule has 0 aliphatic rings. The summed E-state index contributed by atoms with van der Waals surface area (Å²) in [6.07, 6.45) is 1.13. The lowest BCUT2D eigenvalue weighted by molar-refractivity contribution is -0.119. The molecular weight excluding hydrogens is 444 g/mol. The van der Waals surface area contributed by atoms with E-state index < -0.39 is 9.84 Å². The van der Waals surface area contributed by atoms with Crippen LogP contribution in [0.2, 0.25) is 0 Å². The van der Waals surface area contributed by atoms with Gasteiger partial charge in [-0.05, 0) is 29.8 Å². The number of nitrogens with one attached hydrogen (secondary N) is 2. The average molecular weight is 471 g/mol. The van der Waals surface area contributed by atoms with Crippen molar-refractivity contribution >= 4 is 33.2 Å². The standard InChI is InChI=1S/C24H26N2O4S2/c1-32(28,29)23-16-21(30-20-10-6-3-7-11-20)12-13-22(23)26-17-24(27)25-14-15-31-18-19-8-4-2-5-9-19/h2-13,16,26H,14-15,17-18H2,1H3,(H,25,27). The first-order valence-electron chi connectivity index (χ1n) is 10.1. The van der Waals surface area contributed by atoms with Gasteiger partial charge in [-0.2, -0.15) is 11.8 Å². The monoisotopic (exact) mass is 470 g/mol. The summed E-state index contributed by atoms with van der Waals surface area (Å²) >= 11 is 1.74. The maximum Gasteiger partial charge on any atom is 0.239 e. The molecule has 6 nitrogen and oxygen atoms in total. The van der Waals surface area contributed by atoms with Gasteiger partial charge in [-0.1, -0.05) is 48.5 Å². The molecule has 0 fully saturated rings. The summed E-state index contributed by atoms with van der Waals surface area (Å²) in [6, 6.07) is 24.0. The Morgan fingerprint density at radius 1 is 0.938 bits per heavy atom. The number of thioether (sulfide) groups is 1. The summed E-state index contributed by atoms with van der Waals surface area (Å²) in [4.78, 5) is 12.2. The molecule has 8 heteroatoms. The van der Waals surface area contributed by atoms with E-state index in [0.29, 0.717) is 23.7 Å². The van der Waals surface area contributed by atoms with Crippen LogP contribution in [0.1, 0.15) is 5.56 Å². The largest absolute Gasteiger partial charge is 0.457 e. The van der Waals surface area contributed by atoms with Crippen LogP contribution in [-0.4, -0.2) is 39.4 Å². The number of carbonyl (C=O) groups is 1. The Labute approximate surface area is 193 Å². The van der Waals surface area contributed by atoms with Crippen molar-refractivity contribution in [3.05, 3.63) is 84.4 Å². The van der Waals surface area contributed by atoms with Crippen LogP contribution in [0.25, 0.3) is 0 Å². The first-order valence-corrected chi connectivity index (χ1v) is 13.2. The Balaban J connectivity index is 1.50. The molecule has 0 radical (unpaired) electrons. The van der Waals surface area contributed by atoms with Gasteiger partial charge in [-0.3, -0.25) is 4.79 Å². The predicted molar refractivity (Wildman–Crippen MR) is 130 cm³/mol. The zero-order chi connectivity index (χ0) is 22.8. The molecule has 3 aromatic carbocycles. The predicted octanol–water partition coefficient (Wildman–Crippen LogP) is 4.34. The summed E-state index contributed by atoms with van der Waals surface area (Å²) in [6.45, 7) is 0.519. The molecular formula is C24H26N2O4S2. The van der Waals surface area contributed by atoms with Gasteiger partial charge in [0.25, 0.3) is 0 Å². The van der Waals surface area contributed by atoms with Gasteiger partial charge in [-0.25, -0.2) is 8.42 Å². The third-order valence-electron chi connectivity index (χ3n) is 4.45. The van der Waals surface area contributed by atoms with Crippen LogP contribution in [-0.2, 0) is 20.4 Å². The number of hydrogen-bond donors (Lipinski definition) is 2. The van der Waals surface area contributed by atoms with Crippen molar-refractivity contribution in [1.82, 2.24) is 5.32 Å². The van der Waals surface area contributed by atoms with Gasteiger partial charge in [0.1, 0.15) is 11.5 Å². The van der Waals surface area contributed by atoms with Crippen LogP contribution in [0.5, 0.6) is 11.5 Å². The number of para-hydroxylation sites is 1. The Hall–Kier alpha value is -2.97. The lowest BCUT2D eigenvalue weighted by atomic mass is 10.2. The summed E-state index contributed by atoms with van der Waals surface area (Å²) in [5.41, 5.74) is 1.61. The maximum absolute atomic E-state index is 12.3. The summed E-state index contributed by atoms with van der Waals surface area (Å²) < 4.78 is 30.3. The molecule has 32 heavy (non-hydrogen) atoms. The van der Waals surface area contributed by atoms with Crippen LogP contribution in [0.4, 0.5) is 5.69 Å². The molecule has 0 heterocycles. The number of carbonyl (C=O) groups excluding carboxylic acids is 1. The molecule has 0 aliphatic heterocycles.